The number of hydrogen-bond acceptors (Lipinski definition) is 3. The highest BCUT2D eigenvalue weighted by atomic mass is 15.0. The molecule has 3 heterocycles. The quantitative estimate of drug-likeness (QED) is 0.169. The Hall–Kier alpha value is -8.15. The molecular weight excluding hydrogens is 731 g/mol. The Bertz CT molecular complexity index is 3570. The summed E-state index contributed by atoms with van der Waals surface area (Å²) in [5, 5.41) is 7.05. The van der Waals surface area contributed by atoms with Crippen LogP contribution in [0.4, 0.5) is 0 Å². The number of rotatable bonds is 6. The minimum absolute atomic E-state index is 0.622. The topological polar surface area (TPSA) is 48.5 Å². The van der Waals surface area contributed by atoms with Gasteiger partial charge in [-0.05, 0) is 64.4 Å². The third kappa shape index (κ3) is 5.44. The molecule has 3 aromatic heterocycles. The number of para-hydroxylation sites is 3. The monoisotopic (exact) mass is 765 g/mol. The van der Waals surface area contributed by atoms with Gasteiger partial charge >= 0.3 is 0 Å². The van der Waals surface area contributed by atoms with Crippen LogP contribution < -0.4 is 0 Å². The second-order valence-corrected chi connectivity index (χ2v) is 15.2. The standard InChI is InChI=1S/C55H35N5/c1-4-16-36(17-5-1)37-28-30-39(31-29-37)54-56-53(38-18-6-2-7-19-38)57-55(58-54)47-35-42(34-40-20-10-11-23-43(40)47)59-49-27-15-13-25-46(49)51-50(59)33-32-45-44-24-12-14-26-48(44)60(52(45)51)41-21-8-3-9-22-41/h1-35H. The summed E-state index contributed by atoms with van der Waals surface area (Å²) in [6.45, 7) is 0. The molecule has 0 aliphatic heterocycles. The van der Waals surface area contributed by atoms with Gasteiger partial charge in [-0.3, -0.25) is 0 Å². The van der Waals surface area contributed by atoms with E-state index in [9.17, 15) is 0 Å². The van der Waals surface area contributed by atoms with Crippen LogP contribution in [0.15, 0.2) is 212 Å². The number of benzene rings is 9. The van der Waals surface area contributed by atoms with Gasteiger partial charge in [0.2, 0.25) is 0 Å². The van der Waals surface area contributed by atoms with Gasteiger partial charge in [0, 0.05) is 49.6 Å². The molecule has 0 saturated carbocycles. The molecule has 0 amide bonds. The van der Waals surface area contributed by atoms with Gasteiger partial charge in [0.05, 0.1) is 22.1 Å². The average Bonchev–Trinajstić information content (AvgIpc) is 3.85. The van der Waals surface area contributed by atoms with Gasteiger partial charge in [-0.25, -0.2) is 15.0 Å². The fraction of sp³-hybridized carbons (Fsp3) is 0. The van der Waals surface area contributed by atoms with Crippen molar-refractivity contribution in [3.8, 4) is 56.7 Å². The minimum atomic E-state index is 0.622. The van der Waals surface area contributed by atoms with E-state index in [4.69, 9.17) is 15.0 Å². The summed E-state index contributed by atoms with van der Waals surface area (Å²) in [5.41, 5.74) is 11.9. The van der Waals surface area contributed by atoms with Crippen molar-refractivity contribution in [2.45, 2.75) is 0 Å². The zero-order valence-corrected chi connectivity index (χ0v) is 32.4. The van der Waals surface area contributed by atoms with Crippen LogP contribution in [0.3, 0.4) is 0 Å². The Morgan fingerprint density at radius 3 is 1.53 bits per heavy atom. The lowest BCUT2D eigenvalue weighted by atomic mass is 10.0. The van der Waals surface area contributed by atoms with Crippen molar-refractivity contribution in [1.29, 1.82) is 0 Å². The van der Waals surface area contributed by atoms with Gasteiger partial charge in [0.25, 0.3) is 0 Å². The molecule has 0 radical (unpaired) electrons. The fourth-order valence-corrected chi connectivity index (χ4v) is 9.03. The highest BCUT2D eigenvalue weighted by Gasteiger charge is 2.22. The van der Waals surface area contributed by atoms with E-state index in [2.05, 4.69) is 197 Å². The van der Waals surface area contributed by atoms with Crippen LogP contribution in [-0.4, -0.2) is 24.1 Å². The average molecular weight is 766 g/mol. The van der Waals surface area contributed by atoms with Crippen molar-refractivity contribution in [2.24, 2.45) is 0 Å². The predicted molar refractivity (Wildman–Crippen MR) is 248 cm³/mol. The van der Waals surface area contributed by atoms with Crippen LogP contribution >= 0.6 is 0 Å². The van der Waals surface area contributed by atoms with Crippen molar-refractivity contribution >= 4 is 54.4 Å². The van der Waals surface area contributed by atoms with Crippen molar-refractivity contribution in [1.82, 2.24) is 24.1 Å². The molecule has 12 rings (SSSR count). The molecule has 0 N–H and O–H groups in total. The van der Waals surface area contributed by atoms with Gasteiger partial charge < -0.3 is 9.13 Å². The SMILES string of the molecule is c1ccc(-c2ccc(-c3nc(-c4ccccc4)nc(-c4cc(-n5c6ccccc6c6c5ccc5c7ccccc7n(-c7ccccc7)c56)cc5ccccc45)n3)cc2)cc1. The fourth-order valence-electron chi connectivity index (χ4n) is 9.03. The van der Waals surface area contributed by atoms with E-state index in [1.54, 1.807) is 0 Å². The van der Waals surface area contributed by atoms with Gasteiger partial charge in [-0.1, -0.05) is 170 Å². The largest absolute Gasteiger partial charge is 0.309 e. The first-order valence-electron chi connectivity index (χ1n) is 20.3. The third-order valence-corrected chi connectivity index (χ3v) is 11.7. The summed E-state index contributed by atoms with van der Waals surface area (Å²) in [6, 6.07) is 75.0. The molecular formula is C55H35N5. The van der Waals surface area contributed by atoms with Crippen LogP contribution in [0.1, 0.15) is 0 Å². The van der Waals surface area contributed by atoms with Crippen molar-refractivity contribution in [3.05, 3.63) is 212 Å². The highest BCUT2D eigenvalue weighted by Crippen LogP contribution is 2.43. The lowest BCUT2D eigenvalue weighted by Gasteiger charge is -2.15. The summed E-state index contributed by atoms with van der Waals surface area (Å²) in [7, 11) is 0. The Balaban J connectivity index is 1.12. The molecule has 0 saturated heterocycles. The van der Waals surface area contributed by atoms with E-state index in [1.807, 2.05) is 24.3 Å². The van der Waals surface area contributed by atoms with Crippen LogP contribution in [0.5, 0.6) is 0 Å². The lowest BCUT2D eigenvalue weighted by Crippen LogP contribution is -2.02. The van der Waals surface area contributed by atoms with Gasteiger partial charge in [0.1, 0.15) is 0 Å². The van der Waals surface area contributed by atoms with Gasteiger partial charge in [0.15, 0.2) is 17.5 Å². The molecule has 0 atom stereocenters. The maximum atomic E-state index is 5.27. The third-order valence-electron chi connectivity index (χ3n) is 11.7. The molecule has 0 spiro atoms. The van der Waals surface area contributed by atoms with E-state index in [1.165, 1.54) is 38.1 Å². The van der Waals surface area contributed by atoms with Crippen LogP contribution in [0.25, 0.3) is 111 Å². The van der Waals surface area contributed by atoms with Gasteiger partial charge in [-0.2, -0.15) is 0 Å². The molecule has 0 aliphatic carbocycles. The Labute approximate surface area is 346 Å². The highest BCUT2D eigenvalue weighted by molar-refractivity contribution is 6.26. The zero-order chi connectivity index (χ0) is 39.6. The van der Waals surface area contributed by atoms with Gasteiger partial charge in [-0.15, -0.1) is 0 Å². The molecule has 12 aromatic rings. The van der Waals surface area contributed by atoms with Crippen molar-refractivity contribution < 1.29 is 0 Å². The van der Waals surface area contributed by atoms with Crippen molar-refractivity contribution in [3.63, 3.8) is 0 Å². The second-order valence-electron chi connectivity index (χ2n) is 15.2. The summed E-state index contributed by atoms with van der Waals surface area (Å²) >= 11 is 0. The molecule has 5 nitrogen and oxygen atoms in total. The Kier molecular flexibility index (Phi) is 7.78. The lowest BCUT2D eigenvalue weighted by molar-refractivity contribution is 1.07. The first kappa shape index (κ1) is 33.9. The maximum absolute atomic E-state index is 5.27. The summed E-state index contributed by atoms with van der Waals surface area (Å²) < 4.78 is 4.84. The number of aromatic nitrogens is 5. The molecule has 60 heavy (non-hydrogen) atoms. The Morgan fingerprint density at radius 1 is 0.300 bits per heavy atom. The smallest absolute Gasteiger partial charge is 0.164 e. The van der Waals surface area contributed by atoms with Crippen molar-refractivity contribution in [2.75, 3.05) is 0 Å². The number of nitrogens with zero attached hydrogens (tertiary/aromatic N) is 5. The van der Waals surface area contributed by atoms with E-state index in [0.717, 1.165) is 55.4 Å². The van der Waals surface area contributed by atoms with Crippen LogP contribution in [0, 0.1) is 0 Å². The van der Waals surface area contributed by atoms with Crippen LogP contribution in [0.2, 0.25) is 0 Å². The van der Waals surface area contributed by atoms with E-state index < -0.39 is 0 Å². The Morgan fingerprint density at radius 2 is 0.817 bits per heavy atom. The molecule has 5 heteroatoms. The molecule has 0 unspecified atom stereocenters. The maximum Gasteiger partial charge on any atom is 0.164 e. The summed E-state index contributed by atoms with van der Waals surface area (Å²) in [5.74, 6) is 1.88. The van der Waals surface area contributed by atoms with E-state index in [0.29, 0.717) is 17.5 Å². The predicted octanol–water partition coefficient (Wildman–Crippen LogP) is 13.9. The number of fused-ring (bicyclic) bond motifs is 8. The first-order chi connectivity index (χ1) is 29.8. The summed E-state index contributed by atoms with van der Waals surface area (Å²) in [4.78, 5) is 15.6. The first-order valence-corrected chi connectivity index (χ1v) is 20.3. The second kappa shape index (κ2) is 13.8. The van der Waals surface area contributed by atoms with Crippen LogP contribution in [-0.2, 0) is 0 Å². The molecule has 9 aromatic carbocycles. The molecule has 0 aliphatic rings. The van der Waals surface area contributed by atoms with E-state index >= 15 is 0 Å². The van der Waals surface area contributed by atoms with E-state index in [-0.39, 0.29) is 0 Å². The molecule has 0 fully saturated rings. The molecule has 0 bridgehead atoms. The minimum Gasteiger partial charge on any atom is -0.309 e. The zero-order valence-electron chi connectivity index (χ0n) is 32.4. The number of hydrogen-bond donors (Lipinski definition) is 0. The molecule has 280 valence electrons. The summed E-state index contributed by atoms with van der Waals surface area (Å²) in [6.07, 6.45) is 0. The normalized spacial score (nSPS) is 11.7.